The summed E-state index contributed by atoms with van der Waals surface area (Å²) < 4.78 is 0. The zero-order chi connectivity index (χ0) is 11.4. The first-order valence-electron chi connectivity index (χ1n) is 6.93. The van der Waals surface area contributed by atoms with Gasteiger partial charge in [0.1, 0.15) is 0 Å². The summed E-state index contributed by atoms with van der Waals surface area (Å²) in [6.07, 6.45) is 6.18. The largest absolute Gasteiger partial charge is 0.392 e. The van der Waals surface area contributed by atoms with Crippen LogP contribution in [0, 0.1) is 5.92 Å². The average Bonchev–Trinajstić information content (AvgIpc) is 3.12. The van der Waals surface area contributed by atoms with Crippen LogP contribution in [0.15, 0.2) is 0 Å². The average molecular weight is 226 g/mol. The maximum atomic E-state index is 9.82. The number of rotatable bonds is 5. The molecule has 0 amide bonds. The van der Waals surface area contributed by atoms with Crippen molar-refractivity contribution >= 4 is 0 Å². The molecule has 3 nitrogen and oxygen atoms in total. The third-order valence-electron chi connectivity index (χ3n) is 4.05. The van der Waals surface area contributed by atoms with Crippen molar-refractivity contribution in [2.75, 3.05) is 26.2 Å². The minimum Gasteiger partial charge on any atom is -0.392 e. The third-order valence-corrected chi connectivity index (χ3v) is 4.05. The number of nitrogens with zero attached hydrogens (tertiary/aromatic N) is 1. The molecule has 16 heavy (non-hydrogen) atoms. The second-order valence-corrected chi connectivity index (χ2v) is 5.38. The van der Waals surface area contributed by atoms with E-state index >= 15 is 0 Å². The molecule has 0 spiro atoms. The van der Waals surface area contributed by atoms with Gasteiger partial charge in [0, 0.05) is 12.6 Å². The quantitative estimate of drug-likeness (QED) is 0.740. The molecule has 2 rings (SSSR count). The number of hydrogen-bond donors (Lipinski definition) is 2. The van der Waals surface area contributed by atoms with Crippen LogP contribution in [0.2, 0.25) is 0 Å². The summed E-state index contributed by atoms with van der Waals surface area (Å²) in [4.78, 5) is 2.53. The molecule has 1 aliphatic heterocycles. The first-order valence-corrected chi connectivity index (χ1v) is 6.93. The van der Waals surface area contributed by atoms with Crippen LogP contribution < -0.4 is 5.32 Å². The Labute approximate surface area is 99.2 Å². The van der Waals surface area contributed by atoms with Gasteiger partial charge in [-0.25, -0.2) is 0 Å². The minimum absolute atomic E-state index is 0.0921. The molecule has 1 saturated heterocycles. The van der Waals surface area contributed by atoms with Gasteiger partial charge < -0.3 is 15.3 Å². The van der Waals surface area contributed by atoms with Gasteiger partial charge in [-0.1, -0.05) is 6.92 Å². The molecule has 0 aromatic carbocycles. The highest BCUT2D eigenvalue weighted by Crippen LogP contribution is 2.32. The van der Waals surface area contributed by atoms with Gasteiger partial charge in [-0.3, -0.25) is 0 Å². The van der Waals surface area contributed by atoms with Crippen molar-refractivity contribution in [3.63, 3.8) is 0 Å². The van der Waals surface area contributed by atoms with E-state index in [1.165, 1.54) is 51.7 Å². The fraction of sp³-hybridized carbons (Fsp3) is 1.00. The molecule has 3 heteroatoms. The van der Waals surface area contributed by atoms with Gasteiger partial charge in [-0.15, -0.1) is 0 Å². The zero-order valence-electron chi connectivity index (χ0n) is 10.5. The zero-order valence-corrected chi connectivity index (χ0v) is 10.5. The number of hydrogen-bond acceptors (Lipinski definition) is 3. The molecule has 0 aromatic heterocycles. The lowest BCUT2D eigenvalue weighted by Crippen LogP contribution is -2.37. The molecule has 2 atom stereocenters. The fourth-order valence-electron chi connectivity index (χ4n) is 2.61. The van der Waals surface area contributed by atoms with E-state index in [1.54, 1.807) is 0 Å². The second kappa shape index (κ2) is 5.99. The molecule has 2 unspecified atom stereocenters. The Morgan fingerprint density at radius 2 is 2.06 bits per heavy atom. The van der Waals surface area contributed by atoms with E-state index in [-0.39, 0.29) is 6.10 Å². The molecule has 94 valence electrons. The van der Waals surface area contributed by atoms with E-state index in [4.69, 9.17) is 0 Å². The number of aliphatic hydroxyl groups excluding tert-OH is 1. The Balaban J connectivity index is 1.64. The van der Waals surface area contributed by atoms with Crippen LogP contribution >= 0.6 is 0 Å². The van der Waals surface area contributed by atoms with Gasteiger partial charge in [-0.2, -0.15) is 0 Å². The Morgan fingerprint density at radius 3 is 2.75 bits per heavy atom. The molecule has 2 aliphatic rings. The lowest BCUT2D eigenvalue weighted by Gasteiger charge is -2.20. The Bertz CT molecular complexity index is 206. The van der Waals surface area contributed by atoms with E-state index < -0.39 is 0 Å². The molecule has 2 fully saturated rings. The maximum absolute atomic E-state index is 9.82. The number of aliphatic hydroxyl groups is 1. The molecular weight excluding hydrogens is 200 g/mol. The normalized spacial score (nSPS) is 30.0. The fourth-order valence-corrected chi connectivity index (χ4v) is 2.61. The standard InChI is InChI=1S/C13H26N2O/c1-2-15-8-3-4-12(7-9-15)14-10-13(16)11-5-6-11/h11-14,16H,2-10H2,1H3. The van der Waals surface area contributed by atoms with Crippen molar-refractivity contribution < 1.29 is 5.11 Å². The first-order chi connectivity index (χ1) is 7.79. The van der Waals surface area contributed by atoms with E-state index in [9.17, 15) is 5.11 Å². The van der Waals surface area contributed by atoms with Crippen LogP contribution in [0.5, 0.6) is 0 Å². The van der Waals surface area contributed by atoms with Crippen molar-refractivity contribution in [1.29, 1.82) is 0 Å². The third kappa shape index (κ3) is 3.72. The van der Waals surface area contributed by atoms with Gasteiger partial charge in [0.15, 0.2) is 0 Å². The van der Waals surface area contributed by atoms with Crippen LogP contribution in [-0.4, -0.2) is 48.3 Å². The second-order valence-electron chi connectivity index (χ2n) is 5.38. The molecule has 0 aromatic rings. The van der Waals surface area contributed by atoms with E-state index in [2.05, 4.69) is 17.1 Å². The summed E-state index contributed by atoms with van der Waals surface area (Å²) in [5.74, 6) is 0.602. The van der Waals surface area contributed by atoms with Crippen molar-refractivity contribution in [2.45, 2.75) is 51.2 Å². The summed E-state index contributed by atoms with van der Waals surface area (Å²) in [7, 11) is 0. The van der Waals surface area contributed by atoms with Gasteiger partial charge in [-0.05, 0) is 57.7 Å². The molecule has 0 radical (unpaired) electrons. The predicted molar refractivity (Wildman–Crippen MR) is 66.5 cm³/mol. The summed E-state index contributed by atoms with van der Waals surface area (Å²) >= 11 is 0. The van der Waals surface area contributed by atoms with Crippen molar-refractivity contribution in [3.8, 4) is 0 Å². The van der Waals surface area contributed by atoms with Crippen molar-refractivity contribution in [3.05, 3.63) is 0 Å². The molecule has 0 bridgehead atoms. The van der Waals surface area contributed by atoms with Gasteiger partial charge >= 0.3 is 0 Å². The van der Waals surface area contributed by atoms with E-state index in [0.29, 0.717) is 12.0 Å². The Hall–Kier alpha value is -0.120. The van der Waals surface area contributed by atoms with Gasteiger partial charge in [0.2, 0.25) is 0 Å². The topological polar surface area (TPSA) is 35.5 Å². The Kier molecular flexibility index (Phi) is 4.62. The van der Waals surface area contributed by atoms with E-state index in [0.717, 1.165) is 6.54 Å². The van der Waals surface area contributed by atoms with Crippen molar-refractivity contribution in [2.24, 2.45) is 5.92 Å². The SMILES string of the molecule is CCN1CCCC(NCC(O)C2CC2)CC1. The van der Waals surface area contributed by atoms with Gasteiger partial charge in [0.25, 0.3) is 0 Å². The summed E-state index contributed by atoms with van der Waals surface area (Å²) in [6, 6.07) is 0.630. The number of likely N-dealkylation sites (tertiary alicyclic amines) is 1. The molecule has 1 saturated carbocycles. The highest BCUT2D eigenvalue weighted by Gasteiger charge is 2.29. The minimum atomic E-state index is -0.0921. The molecule has 2 N–H and O–H groups in total. The highest BCUT2D eigenvalue weighted by molar-refractivity contribution is 4.84. The Morgan fingerprint density at radius 1 is 1.25 bits per heavy atom. The summed E-state index contributed by atoms with van der Waals surface area (Å²) in [5, 5.41) is 13.4. The molecule has 1 aliphatic carbocycles. The molecular formula is C13H26N2O. The van der Waals surface area contributed by atoms with Gasteiger partial charge in [0.05, 0.1) is 6.10 Å². The van der Waals surface area contributed by atoms with Crippen LogP contribution in [-0.2, 0) is 0 Å². The smallest absolute Gasteiger partial charge is 0.0692 e. The maximum Gasteiger partial charge on any atom is 0.0692 e. The van der Waals surface area contributed by atoms with Crippen molar-refractivity contribution in [1.82, 2.24) is 10.2 Å². The number of nitrogens with one attached hydrogen (secondary N) is 1. The lowest BCUT2D eigenvalue weighted by atomic mass is 10.1. The molecule has 1 heterocycles. The summed E-state index contributed by atoms with van der Waals surface area (Å²) in [5.41, 5.74) is 0. The van der Waals surface area contributed by atoms with Crippen LogP contribution in [0.4, 0.5) is 0 Å². The highest BCUT2D eigenvalue weighted by atomic mass is 16.3. The monoisotopic (exact) mass is 226 g/mol. The summed E-state index contributed by atoms with van der Waals surface area (Å²) in [6.45, 7) is 6.69. The first kappa shape index (κ1) is 12.3. The van der Waals surface area contributed by atoms with E-state index in [1.807, 2.05) is 0 Å². The van der Waals surface area contributed by atoms with Crippen LogP contribution in [0.1, 0.15) is 39.0 Å². The van der Waals surface area contributed by atoms with Crippen LogP contribution in [0.3, 0.4) is 0 Å². The van der Waals surface area contributed by atoms with Crippen LogP contribution in [0.25, 0.3) is 0 Å². The predicted octanol–water partition coefficient (Wildman–Crippen LogP) is 1.22. The lowest BCUT2D eigenvalue weighted by molar-refractivity contribution is 0.143.